The summed E-state index contributed by atoms with van der Waals surface area (Å²) in [5.74, 6) is 2.21. The van der Waals surface area contributed by atoms with E-state index in [0.717, 1.165) is 69.1 Å². The minimum atomic E-state index is -0.493. The topological polar surface area (TPSA) is 63.5 Å². The zero-order valence-corrected chi connectivity index (χ0v) is 17.1. The van der Waals surface area contributed by atoms with E-state index in [1.807, 2.05) is 18.2 Å². The second-order valence-corrected chi connectivity index (χ2v) is 8.58. The van der Waals surface area contributed by atoms with Crippen molar-refractivity contribution in [1.29, 1.82) is 0 Å². The van der Waals surface area contributed by atoms with Crippen molar-refractivity contribution in [1.82, 2.24) is 24.6 Å². The van der Waals surface area contributed by atoms with Crippen LogP contribution in [0.2, 0.25) is 0 Å². The summed E-state index contributed by atoms with van der Waals surface area (Å²) in [6.07, 6.45) is 3.45. The van der Waals surface area contributed by atoms with Crippen LogP contribution in [0.4, 0.5) is 0 Å². The molecule has 0 N–H and O–H groups in total. The van der Waals surface area contributed by atoms with Crippen LogP contribution in [0.3, 0.4) is 0 Å². The van der Waals surface area contributed by atoms with Crippen molar-refractivity contribution < 1.29 is 9.53 Å². The molecule has 1 aromatic carbocycles. The van der Waals surface area contributed by atoms with Crippen LogP contribution in [0.1, 0.15) is 48.9 Å². The molecule has 2 saturated heterocycles. The summed E-state index contributed by atoms with van der Waals surface area (Å²) in [6.45, 7) is 4.76. The first-order chi connectivity index (χ1) is 14.2. The van der Waals surface area contributed by atoms with Gasteiger partial charge in [-0.2, -0.15) is 0 Å². The molecule has 2 fully saturated rings. The number of amides is 1. The molecule has 3 aliphatic heterocycles. The second-order valence-electron chi connectivity index (χ2n) is 8.58. The molecular weight excluding hydrogens is 366 g/mol. The lowest BCUT2D eigenvalue weighted by Gasteiger charge is -2.40. The van der Waals surface area contributed by atoms with Gasteiger partial charge in [0.15, 0.2) is 5.82 Å². The zero-order valence-electron chi connectivity index (χ0n) is 17.1. The number of aromatic nitrogens is 3. The maximum Gasteiger partial charge on any atom is 0.234 e. The lowest BCUT2D eigenvalue weighted by Crippen LogP contribution is -2.50. The third-order valence-electron chi connectivity index (χ3n) is 6.87. The summed E-state index contributed by atoms with van der Waals surface area (Å²) < 4.78 is 7.89. The van der Waals surface area contributed by atoms with E-state index in [4.69, 9.17) is 4.74 Å². The fourth-order valence-electron chi connectivity index (χ4n) is 5.20. The fraction of sp³-hybridized carbons (Fsp3) is 0.591. The lowest BCUT2D eigenvalue weighted by atomic mass is 9.73. The van der Waals surface area contributed by atoms with E-state index < -0.39 is 5.41 Å². The zero-order chi connectivity index (χ0) is 19.8. The number of hydrogen-bond acceptors (Lipinski definition) is 5. The van der Waals surface area contributed by atoms with Gasteiger partial charge in [0.05, 0.1) is 18.0 Å². The maximum atomic E-state index is 14.1. The van der Waals surface area contributed by atoms with E-state index in [2.05, 4.69) is 43.7 Å². The van der Waals surface area contributed by atoms with Crippen molar-refractivity contribution in [3.63, 3.8) is 0 Å². The van der Waals surface area contributed by atoms with Crippen LogP contribution in [-0.4, -0.2) is 63.8 Å². The van der Waals surface area contributed by atoms with Gasteiger partial charge < -0.3 is 14.2 Å². The van der Waals surface area contributed by atoms with Crippen LogP contribution in [-0.2, 0) is 28.0 Å². The molecule has 4 heterocycles. The molecule has 0 radical (unpaired) electrons. The molecule has 0 unspecified atom stereocenters. The molecule has 5 rings (SSSR count). The number of rotatable bonds is 3. The van der Waals surface area contributed by atoms with Gasteiger partial charge in [0.1, 0.15) is 5.82 Å². The average molecular weight is 396 g/mol. The molecule has 3 aliphatic rings. The standard InChI is InChI=1S/C22H29N5O2/c1-25-12-13-27-19(16-25)23-24-20(27)18-8-5-11-26(18)21(28)22(9-14-29-15-10-22)17-6-3-2-4-7-17/h2-4,6-7,18H,5,8-16H2,1H3/t18-/m0/s1. The van der Waals surface area contributed by atoms with Crippen molar-refractivity contribution in [2.24, 2.45) is 0 Å². The van der Waals surface area contributed by atoms with E-state index in [0.29, 0.717) is 13.2 Å². The first-order valence-corrected chi connectivity index (χ1v) is 10.7. The normalized spacial score (nSPS) is 24.4. The molecule has 0 aliphatic carbocycles. The molecule has 29 heavy (non-hydrogen) atoms. The summed E-state index contributed by atoms with van der Waals surface area (Å²) in [7, 11) is 2.11. The van der Waals surface area contributed by atoms with Gasteiger partial charge in [-0.15, -0.1) is 10.2 Å². The van der Waals surface area contributed by atoms with Crippen LogP contribution in [0, 0.1) is 0 Å². The van der Waals surface area contributed by atoms with E-state index in [1.54, 1.807) is 0 Å². The predicted molar refractivity (Wildman–Crippen MR) is 108 cm³/mol. The number of benzene rings is 1. The van der Waals surface area contributed by atoms with Gasteiger partial charge in [-0.1, -0.05) is 30.3 Å². The third kappa shape index (κ3) is 3.16. The number of hydrogen-bond donors (Lipinski definition) is 0. The number of carbonyl (C=O) groups is 1. The highest BCUT2D eigenvalue weighted by Gasteiger charge is 2.47. The van der Waals surface area contributed by atoms with Crippen LogP contribution in [0.5, 0.6) is 0 Å². The molecule has 1 aromatic heterocycles. The first-order valence-electron chi connectivity index (χ1n) is 10.7. The van der Waals surface area contributed by atoms with Gasteiger partial charge in [-0.25, -0.2) is 0 Å². The smallest absolute Gasteiger partial charge is 0.234 e. The molecule has 1 atom stereocenters. The number of fused-ring (bicyclic) bond motifs is 1. The van der Waals surface area contributed by atoms with E-state index in [1.165, 1.54) is 0 Å². The number of likely N-dealkylation sites (N-methyl/N-ethyl adjacent to an activating group) is 1. The number of carbonyl (C=O) groups excluding carboxylic acids is 1. The van der Waals surface area contributed by atoms with Gasteiger partial charge >= 0.3 is 0 Å². The lowest BCUT2D eigenvalue weighted by molar-refractivity contribution is -0.142. The molecule has 2 aromatic rings. The Morgan fingerprint density at radius 3 is 2.69 bits per heavy atom. The molecule has 0 spiro atoms. The minimum Gasteiger partial charge on any atom is -0.381 e. The summed E-state index contributed by atoms with van der Waals surface area (Å²) >= 11 is 0. The molecular formula is C22H29N5O2. The molecule has 154 valence electrons. The Morgan fingerprint density at radius 1 is 1.10 bits per heavy atom. The minimum absolute atomic E-state index is 0.0237. The molecule has 7 heteroatoms. The third-order valence-corrected chi connectivity index (χ3v) is 6.87. The van der Waals surface area contributed by atoms with Crippen molar-refractivity contribution >= 4 is 5.91 Å². The van der Waals surface area contributed by atoms with E-state index in [-0.39, 0.29) is 11.9 Å². The van der Waals surface area contributed by atoms with Gasteiger partial charge in [0, 0.05) is 32.8 Å². The van der Waals surface area contributed by atoms with Crippen LogP contribution >= 0.6 is 0 Å². The highest BCUT2D eigenvalue weighted by molar-refractivity contribution is 5.89. The SMILES string of the molecule is CN1CCn2c(nnc2[C@@H]2CCCN2C(=O)C2(c3ccccc3)CCOCC2)C1. The van der Waals surface area contributed by atoms with Crippen molar-refractivity contribution in [2.75, 3.05) is 33.4 Å². The number of ether oxygens (including phenoxy) is 1. The maximum absolute atomic E-state index is 14.1. The van der Waals surface area contributed by atoms with Gasteiger partial charge in [0.25, 0.3) is 0 Å². The second kappa shape index (κ2) is 7.54. The highest BCUT2D eigenvalue weighted by Crippen LogP contribution is 2.41. The Labute approximate surface area is 171 Å². The van der Waals surface area contributed by atoms with Gasteiger partial charge in [0.2, 0.25) is 5.91 Å². The van der Waals surface area contributed by atoms with Gasteiger partial charge in [-0.05, 0) is 38.3 Å². The first kappa shape index (κ1) is 18.8. The highest BCUT2D eigenvalue weighted by atomic mass is 16.5. The van der Waals surface area contributed by atoms with Crippen LogP contribution < -0.4 is 0 Å². The Kier molecular flexibility index (Phi) is 4.87. The molecule has 7 nitrogen and oxygen atoms in total. The summed E-state index contributed by atoms with van der Waals surface area (Å²) in [5, 5.41) is 9.00. The van der Waals surface area contributed by atoms with E-state index >= 15 is 0 Å². The van der Waals surface area contributed by atoms with Crippen LogP contribution in [0.15, 0.2) is 30.3 Å². The summed E-state index contributed by atoms with van der Waals surface area (Å²) in [4.78, 5) is 18.4. The fourth-order valence-corrected chi connectivity index (χ4v) is 5.20. The Balaban J connectivity index is 1.48. The van der Waals surface area contributed by atoms with Crippen molar-refractivity contribution in [3.05, 3.63) is 47.5 Å². The van der Waals surface area contributed by atoms with Crippen LogP contribution in [0.25, 0.3) is 0 Å². The predicted octanol–water partition coefficient (Wildman–Crippen LogP) is 2.14. The molecule has 0 bridgehead atoms. The summed E-state index contributed by atoms with van der Waals surface area (Å²) in [6, 6.07) is 10.3. The number of likely N-dealkylation sites (tertiary alicyclic amines) is 1. The number of nitrogens with zero attached hydrogens (tertiary/aromatic N) is 5. The van der Waals surface area contributed by atoms with Gasteiger partial charge in [-0.3, -0.25) is 9.69 Å². The Bertz CT molecular complexity index is 875. The average Bonchev–Trinajstić information content (AvgIpc) is 3.40. The summed E-state index contributed by atoms with van der Waals surface area (Å²) in [5.41, 5.74) is 0.622. The quantitative estimate of drug-likeness (QED) is 0.797. The Morgan fingerprint density at radius 2 is 1.90 bits per heavy atom. The van der Waals surface area contributed by atoms with Crippen molar-refractivity contribution in [2.45, 2.75) is 50.2 Å². The molecule has 0 saturated carbocycles. The van der Waals surface area contributed by atoms with E-state index in [9.17, 15) is 4.79 Å². The monoisotopic (exact) mass is 395 g/mol. The largest absolute Gasteiger partial charge is 0.381 e. The van der Waals surface area contributed by atoms with Crippen molar-refractivity contribution in [3.8, 4) is 0 Å². The molecule has 1 amide bonds. The Hall–Kier alpha value is -2.25.